The number of phenols is 3. The van der Waals surface area contributed by atoms with Crippen molar-refractivity contribution in [2.24, 2.45) is 5.92 Å². The molecule has 14 heteroatoms. The van der Waals surface area contributed by atoms with Crippen molar-refractivity contribution >= 4 is 5.69 Å². The molecule has 194 valence electrons. The fourth-order valence-corrected chi connectivity index (χ4v) is 4.29. The van der Waals surface area contributed by atoms with Gasteiger partial charge in [0, 0.05) is 18.1 Å². The number of phenolic OH excluding ortho intramolecular Hbond substituents is 2. The molecule has 0 spiro atoms. The highest BCUT2D eigenvalue weighted by Gasteiger charge is 2.49. The van der Waals surface area contributed by atoms with E-state index in [2.05, 4.69) is 5.32 Å². The molecule has 3 rings (SSSR count). The van der Waals surface area contributed by atoms with Crippen LogP contribution in [0.1, 0.15) is 12.0 Å². The maximum Gasteiger partial charge on any atom is 0.202 e. The van der Waals surface area contributed by atoms with Gasteiger partial charge in [0.2, 0.25) is 5.75 Å². The molecule has 0 bridgehead atoms. The molecule has 1 aliphatic carbocycles. The quantitative estimate of drug-likeness (QED) is 0.128. The zero-order valence-electron chi connectivity index (χ0n) is 17.9. The van der Waals surface area contributed by atoms with Gasteiger partial charge in [-0.1, -0.05) is 0 Å². The number of ether oxygens (including phenoxy) is 2. The van der Waals surface area contributed by atoms with Crippen LogP contribution in [0, 0.1) is 5.92 Å². The van der Waals surface area contributed by atoms with Gasteiger partial charge >= 0.3 is 0 Å². The van der Waals surface area contributed by atoms with Gasteiger partial charge in [-0.3, -0.25) is 0 Å². The standard InChI is InChI=1S/C20H31NO13/c22-3-6-1-8(12(26)15(29)11(6)25)21-9-2-7(4-23)19(17(31)13(9)27)34-20-18(32)16(30)14(28)10(5-24)33-20/h1,7,9-10,13-14,16-32H,2-5H2. The van der Waals surface area contributed by atoms with Crippen LogP contribution < -0.4 is 5.32 Å². The van der Waals surface area contributed by atoms with Crippen molar-refractivity contribution in [3.8, 4) is 17.2 Å². The number of anilines is 1. The van der Waals surface area contributed by atoms with Crippen molar-refractivity contribution in [1.82, 2.24) is 0 Å². The van der Waals surface area contributed by atoms with Crippen LogP contribution in [0.5, 0.6) is 17.2 Å². The normalized spacial score (nSPS) is 38.6. The molecule has 0 aromatic heterocycles. The second-order valence-electron chi connectivity index (χ2n) is 8.50. The molecular weight excluding hydrogens is 462 g/mol. The van der Waals surface area contributed by atoms with Crippen LogP contribution in [-0.4, -0.2) is 124 Å². The number of nitrogens with one attached hydrogen (secondary N) is 1. The van der Waals surface area contributed by atoms with Gasteiger partial charge in [-0.15, -0.1) is 0 Å². The highest BCUT2D eigenvalue weighted by Crippen LogP contribution is 2.44. The van der Waals surface area contributed by atoms with Crippen LogP contribution in [0.15, 0.2) is 6.07 Å². The van der Waals surface area contributed by atoms with E-state index in [1.54, 1.807) is 0 Å². The molecule has 1 aliphatic heterocycles. The lowest BCUT2D eigenvalue weighted by molar-refractivity contribution is -0.327. The maximum atomic E-state index is 10.7. The lowest BCUT2D eigenvalue weighted by Gasteiger charge is -2.46. The molecule has 2 aliphatic rings. The third-order valence-electron chi connectivity index (χ3n) is 6.33. The number of aliphatic hydroxyl groups excluding tert-OH is 8. The first-order valence-electron chi connectivity index (χ1n) is 10.6. The molecule has 10 atom stereocenters. The fourth-order valence-electron chi connectivity index (χ4n) is 4.29. The largest absolute Gasteiger partial charge is 0.504 e. The summed E-state index contributed by atoms with van der Waals surface area (Å²) in [6, 6.07) is 0.122. The minimum absolute atomic E-state index is 0.0631. The summed E-state index contributed by atoms with van der Waals surface area (Å²) in [6.45, 7) is -1.92. The van der Waals surface area contributed by atoms with Crippen LogP contribution >= 0.6 is 0 Å². The summed E-state index contributed by atoms with van der Waals surface area (Å²) in [5.74, 6) is -3.26. The Kier molecular flexibility index (Phi) is 8.41. The number of aliphatic hydroxyl groups is 8. The Balaban J connectivity index is 1.78. The average molecular weight is 493 g/mol. The highest BCUT2D eigenvalue weighted by atomic mass is 16.7. The SMILES string of the molecule is OCc1cc(NC2CC(CO)C(OC3OC(CO)C(O)C(O)C3O)C(O)C2O)c(O)c(O)c1O. The van der Waals surface area contributed by atoms with Gasteiger partial charge in [-0.25, -0.2) is 0 Å². The fraction of sp³-hybridized carbons (Fsp3) is 0.700. The molecule has 12 N–H and O–H groups in total. The van der Waals surface area contributed by atoms with E-state index in [0.29, 0.717) is 0 Å². The van der Waals surface area contributed by atoms with Crippen LogP contribution in [-0.2, 0) is 16.1 Å². The Bertz CT molecular complexity index is 837. The number of hydrogen-bond donors (Lipinski definition) is 12. The molecule has 0 amide bonds. The lowest BCUT2D eigenvalue weighted by Crippen LogP contribution is -2.63. The van der Waals surface area contributed by atoms with Crippen LogP contribution in [0.3, 0.4) is 0 Å². The van der Waals surface area contributed by atoms with E-state index in [1.165, 1.54) is 0 Å². The predicted molar refractivity (Wildman–Crippen MR) is 111 cm³/mol. The van der Waals surface area contributed by atoms with Gasteiger partial charge in [0.05, 0.1) is 31.0 Å². The van der Waals surface area contributed by atoms with E-state index >= 15 is 0 Å². The number of rotatable bonds is 7. The van der Waals surface area contributed by atoms with E-state index in [4.69, 9.17) is 9.47 Å². The molecule has 0 radical (unpaired) electrons. The van der Waals surface area contributed by atoms with Gasteiger partial charge < -0.3 is 71.0 Å². The predicted octanol–water partition coefficient (Wildman–Crippen LogP) is -4.00. The molecule has 34 heavy (non-hydrogen) atoms. The smallest absolute Gasteiger partial charge is 0.202 e. The minimum atomic E-state index is -1.76. The Morgan fingerprint density at radius 2 is 1.50 bits per heavy atom. The summed E-state index contributed by atoms with van der Waals surface area (Å²) in [4.78, 5) is 0. The highest BCUT2D eigenvalue weighted by molar-refractivity contribution is 5.69. The first kappa shape index (κ1) is 26.6. The molecule has 2 fully saturated rings. The van der Waals surface area contributed by atoms with Crippen molar-refractivity contribution in [2.75, 3.05) is 18.5 Å². The number of benzene rings is 1. The second-order valence-corrected chi connectivity index (χ2v) is 8.50. The average Bonchev–Trinajstić information content (AvgIpc) is 2.83. The third-order valence-corrected chi connectivity index (χ3v) is 6.33. The number of hydrogen-bond acceptors (Lipinski definition) is 14. The van der Waals surface area contributed by atoms with E-state index in [1.807, 2.05) is 0 Å². The van der Waals surface area contributed by atoms with Crippen molar-refractivity contribution in [1.29, 1.82) is 0 Å². The summed E-state index contributed by atoms with van der Waals surface area (Å²) in [5, 5.41) is 112. The topological polar surface area (TPSA) is 253 Å². The third kappa shape index (κ3) is 4.87. The summed E-state index contributed by atoms with van der Waals surface area (Å²) < 4.78 is 10.8. The Labute approximate surface area is 193 Å². The van der Waals surface area contributed by atoms with Gasteiger partial charge in [0.25, 0.3) is 0 Å². The summed E-state index contributed by atoms with van der Waals surface area (Å²) >= 11 is 0. The van der Waals surface area contributed by atoms with Crippen LogP contribution in [0.4, 0.5) is 5.69 Å². The molecule has 1 saturated heterocycles. The van der Waals surface area contributed by atoms with E-state index < -0.39 is 98.0 Å². The van der Waals surface area contributed by atoms with Gasteiger partial charge in [-0.2, -0.15) is 0 Å². The summed E-state index contributed by atoms with van der Waals surface area (Å²) in [5.41, 5.74) is -0.285. The van der Waals surface area contributed by atoms with E-state index in [0.717, 1.165) is 6.07 Å². The zero-order valence-corrected chi connectivity index (χ0v) is 17.9. The summed E-state index contributed by atoms with van der Waals surface area (Å²) in [7, 11) is 0. The molecule has 10 unspecified atom stereocenters. The minimum Gasteiger partial charge on any atom is -0.504 e. The van der Waals surface area contributed by atoms with Crippen molar-refractivity contribution in [3.63, 3.8) is 0 Å². The molecular formula is C20H31NO13. The Morgan fingerprint density at radius 1 is 0.824 bits per heavy atom. The van der Waals surface area contributed by atoms with Crippen molar-refractivity contribution in [3.05, 3.63) is 11.6 Å². The first-order valence-corrected chi connectivity index (χ1v) is 10.6. The molecule has 1 aromatic rings. The molecule has 14 nitrogen and oxygen atoms in total. The number of aromatic hydroxyl groups is 3. The van der Waals surface area contributed by atoms with Crippen molar-refractivity contribution in [2.45, 2.75) is 68.1 Å². The van der Waals surface area contributed by atoms with Gasteiger partial charge in [0.15, 0.2) is 17.8 Å². The van der Waals surface area contributed by atoms with Crippen molar-refractivity contribution < 1.29 is 65.6 Å². The lowest BCUT2D eigenvalue weighted by atomic mass is 9.79. The first-order chi connectivity index (χ1) is 16.0. The van der Waals surface area contributed by atoms with E-state index in [9.17, 15) is 56.2 Å². The molecule has 1 heterocycles. The molecule has 1 saturated carbocycles. The van der Waals surface area contributed by atoms with Crippen LogP contribution in [0.2, 0.25) is 0 Å². The summed E-state index contributed by atoms with van der Waals surface area (Å²) in [6.07, 6.45) is -12.6. The monoisotopic (exact) mass is 493 g/mol. The van der Waals surface area contributed by atoms with E-state index in [-0.39, 0.29) is 17.7 Å². The maximum absolute atomic E-state index is 10.7. The Hall–Kier alpha value is -1.98. The van der Waals surface area contributed by atoms with Crippen LogP contribution in [0.25, 0.3) is 0 Å². The van der Waals surface area contributed by atoms with Gasteiger partial charge in [0.1, 0.15) is 36.6 Å². The Morgan fingerprint density at radius 3 is 2.09 bits per heavy atom. The second kappa shape index (κ2) is 10.7. The van der Waals surface area contributed by atoms with Gasteiger partial charge in [-0.05, 0) is 12.5 Å². The zero-order chi connectivity index (χ0) is 25.3. The molecule has 1 aromatic carbocycles.